The molecule has 0 saturated heterocycles. The molecule has 0 bridgehead atoms. The predicted molar refractivity (Wildman–Crippen MR) is 216 cm³/mol. The molecule has 3 amide bonds. The molecule has 0 aromatic rings. The van der Waals surface area contributed by atoms with E-state index in [0.29, 0.717) is 25.8 Å². The Morgan fingerprint density at radius 1 is 0.448 bits per heavy atom. The Balaban J connectivity index is 4.35. The van der Waals surface area contributed by atoms with Crippen molar-refractivity contribution >= 4 is 53.2 Å². The second kappa shape index (κ2) is 33.6. The van der Waals surface area contributed by atoms with E-state index in [1.807, 2.05) is 6.92 Å². The van der Waals surface area contributed by atoms with Crippen LogP contribution in [-0.4, -0.2) is 92.2 Å². The van der Waals surface area contributed by atoms with Gasteiger partial charge in [0.2, 0.25) is 17.7 Å². The van der Waals surface area contributed by atoms with Gasteiger partial charge in [0, 0.05) is 51.0 Å². The van der Waals surface area contributed by atoms with Crippen LogP contribution in [0.3, 0.4) is 0 Å². The maximum Gasteiger partial charge on any atom is 0.326 e. The molecule has 0 unspecified atom stereocenters. The molecular formula is C42H71N3O13. The zero-order chi connectivity index (χ0) is 43.7. The standard InChI is InChI=1S/C42H71N3O13/c1-30(31(2)46)19-17-18-28-43-36(48)27-25-35(42(57)58)45-38(50)26-22-32(40(53)54)29-33(47)23-24-34(41(55)56)44-37(49)20-15-13-11-9-7-5-3-4-6-8-10-12-14-16-21-39(51)52/h30,32,34-35H,3-29H2,1-2H3,(H,43,48)(H,44,49)(H,45,50)(H,51,52)(H,53,54)(H,55,56)(H,57,58)/t30-,32+,34-,35-/m0/s1. The van der Waals surface area contributed by atoms with Gasteiger partial charge in [-0.25, -0.2) is 9.59 Å². The van der Waals surface area contributed by atoms with Gasteiger partial charge in [0.1, 0.15) is 23.7 Å². The van der Waals surface area contributed by atoms with Gasteiger partial charge in [-0.1, -0.05) is 90.4 Å². The zero-order valence-corrected chi connectivity index (χ0v) is 34.9. The molecule has 0 aliphatic carbocycles. The lowest BCUT2D eigenvalue weighted by Gasteiger charge is -2.17. The second-order valence-corrected chi connectivity index (χ2v) is 15.5. The molecule has 4 atom stereocenters. The van der Waals surface area contributed by atoms with Gasteiger partial charge in [0.25, 0.3) is 0 Å². The number of rotatable bonds is 39. The van der Waals surface area contributed by atoms with Crippen LogP contribution in [0.25, 0.3) is 0 Å². The van der Waals surface area contributed by atoms with Gasteiger partial charge in [-0.3, -0.25) is 33.6 Å². The fraction of sp³-hybridized carbons (Fsp3) is 0.786. The molecule has 0 aliphatic rings. The van der Waals surface area contributed by atoms with Crippen LogP contribution in [0.2, 0.25) is 0 Å². The highest BCUT2D eigenvalue weighted by Gasteiger charge is 2.27. The van der Waals surface area contributed by atoms with E-state index < -0.39 is 78.2 Å². The fourth-order valence-corrected chi connectivity index (χ4v) is 6.40. The molecule has 0 fully saturated rings. The number of hydrogen-bond acceptors (Lipinski definition) is 9. The Kier molecular flexibility index (Phi) is 31.1. The number of carbonyl (C=O) groups excluding carboxylic acids is 5. The van der Waals surface area contributed by atoms with E-state index in [-0.39, 0.29) is 56.6 Å². The summed E-state index contributed by atoms with van der Waals surface area (Å²) in [6, 6.07) is -2.71. The summed E-state index contributed by atoms with van der Waals surface area (Å²) >= 11 is 0. The molecule has 0 heterocycles. The van der Waals surface area contributed by atoms with Crippen LogP contribution in [0.5, 0.6) is 0 Å². The number of unbranched alkanes of at least 4 members (excludes halogenated alkanes) is 14. The summed E-state index contributed by atoms with van der Waals surface area (Å²) in [5, 5.41) is 44.8. The lowest BCUT2D eigenvalue weighted by atomic mass is 9.94. The Morgan fingerprint density at radius 2 is 0.879 bits per heavy atom. The number of hydrogen-bond donors (Lipinski definition) is 7. The van der Waals surface area contributed by atoms with Gasteiger partial charge >= 0.3 is 23.9 Å². The van der Waals surface area contributed by atoms with Gasteiger partial charge in [0.15, 0.2) is 0 Å². The number of amides is 3. The molecule has 7 N–H and O–H groups in total. The average molecular weight is 826 g/mol. The molecule has 332 valence electrons. The number of carboxylic acid groups (broad SMARTS) is 4. The minimum absolute atomic E-state index is 0.0551. The van der Waals surface area contributed by atoms with Gasteiger partial charge in [-0.15, -0.1) is 0 Å². The maximum atomic E-state index is 12.6. The van der Waals surface area contributed by atoms with Crippen LogP contribution in [0, 0.1) is 11.8 Å². The van der Waals surface area contributed by atoms with Crippen LogP contribution < -0.4 is 16.0 Å². The Labute approximate surface area is 343 Å². The van der Waals surface area contributed by atoms with Crippen LogP contribution in [0.1, 0.15) is 181 Å². The molecular weight excluding hydrogens is 754 g/mol. The first-order chi connectivity index (χ1) is 27.5. The number of ketones is 2. The summed E-state index contributed by atoms with van der Waals surface area (Å²) < 4.78 is 0. The topological polar surface area (TPSA) is 271 Å². The number of aliphatic carboxylic acids is 4. The van der Waals surface area contributed by atoms with Crippen molar-refractivity contribution in [2.45, 2.75) is 193 Å². The SMILES string of the molecule is CC(=O)[C@@H](C)CCCCNC(=O)CC[C@H](NC(=O)CC[C@H](CC(=O)CC[C@H](NC(=O)CCCCCCCCCCCCCCCCC(=O)O)C(=O)O)C(=O)O)C(=O)O. The highest BCUT2D eigenvalue weighted by Crippen LogP contribution is 2.17. The third-order valence-corrected chi connectivity index (χ3v) is 10.3. The number of carbonyl (C=O) groups is 9. The van der Waals surface area contributed by atoms with Crippen LogP contribution in [-0.2, 0) is 43.2 Å². The van der Waals surface area contributed by atoms with Gasteiger partial charge in [-0.05, 0) is 51.9 Å². The summed E-state index contributed by atoms with van der Waals surface area (Å²) in [5.41, 5.74) is 0. The molecule has 16 heteroatoms. The van der Waals surface area contributed by atoms with Crippen LogP contribution in [0.15, 0.2) is 0 Å². The number of Topliss-reactive ketones (excluding diaryl/α,β-unsaturated/α-hetero) is 2. The molecule has 0 rings (SSSR count). The van der Waals surface area contributed by atoms with E-state index in [9.17, 15) is 58.5 Å². The number of carboxylic acids is 4. The molecule has 0 spiro atoms. The summed E-state index contributed by atoms with van der Waals surface area (Å²) in [4.78, 5) is 107. The lowest BCUT2D eigenvalue weighted by Crippen LogP contribution is -2.42. The van der Waals surface area contributed by atoms with Crippen LogP contribution in [0.4, 0.5) is 0 Å². The first-order valence-corrected chi connectivity index (χ1v) is 21.3. The van der Waals surface area contributed by atoms with Gasteiger partial charge < -0.3 is 36.4 Å². The summed E-state index contributed by atoms with van der Waals surface area (Å²) in [5.74, 6) is -8.15. The Morgan fingerprint density at radius 3 is 1.33 bits per heavy atom. The zero-order valence-electron chi connectivity index (χ0n) is 34.9. The van der Waals surface area contributed by atoms with E-state index in [1.54, 1.807) is 0 Å². The smallest absolute Gasteiger partial charge is 0.326 e. The van der Waals surface area contributed by atoms with E-state index in [2.05, 4.69) is 16.0 Å². The van der Waals surface area contributed by atoms with Crippen molar-refractivity contribution in [1.82, 2.24) is 16.0 Å². The van der Waals surface area contributed by atoms with E-state index >= 15 is 0 Å². The van der Waals surface area contributed by atoms with Crippen molar-refractivity contribution < 1.29 is 63.6 Å². The summed E-state index contributed by atoms with van der Waals surface area (Å²) in [6.07, 6.45) is 14.9. The molecule has 58 heavy (non-hydrogen) atoms. The van der Waals surface area contributed by atoms with Crippen molar-refractivity contribution in [3.8, 4) is 0 Å². The third-order valence-electron chi connectivity index (χ3n) is 10.3. The first kappa shape index (κ1) is 53.6. The van der Waals surface area contributed by atoms with Gasteiger partial charge in [0.05, 0.1) is 5.92 Å². The third kappa shape index (κ3) is 30.7. The Bertz CT molecular complexity index is 1290. The first-order valence-electron chi connectivity index (χ1n) is 21.3. The molecule has 0 aromatic carbocycles. The quantitative estimate of drug-likeness (QED) is 0.0353. The maximum absolute atomic E-state index is 12.6. The molecule has 0 radical (unpaired) electrons. The van der Waals surface area contributed by atoms with E-state index in [1.165, 1.54) is 32.6 Å². The largest absolute Gasteiger partial charge is 0.481 e. The van der Waals surface area contributed by atoms with Crippen LogP contribution >= 0.6 is 0 Å². The summed E-state index contributed by atoms with van der Waals surface area (Å²) in [7, 11) is 0. The minimum Gasteiger partial charge on any atom is -0.481 e. The normalized spacial score (nSPS) is 13.1. The monoisotopic (exact) mass is 825 g/mol. The number of nitrogens with one attached hydrogen (secondary N) is 3. The molecule has 0 saturated carbocycles. The average Bonchev–Trinajstić information content (AvgIpc) is 3.15. The van der Waals surface area contributed by atoms with Crippen molar-refractivity contribution in [1.29, 1.82) is 0 Å². The van der Waals surface area contributed by atoms with E-state index in [4.69, 9.17) is 5.11 Å². The van der Waals surface area contributed by atoms with Crippen molar-refractivity contribution in [2.24, 2.45) is 11.8 Å². The highest BCUT2D eigenvalue weighted by atomic mass is 16.4. The molecule has 16 nitrogen and oxygen atoms in total. The molecule has 0 aromatic heterocycles. The lowest BCUT2D eigenvalue weighted by molar-refractivity contribution is -0.145. The second-order valence-electron chi connectivity index (χ2n) is 15.5. The molecule has 0 aliphatic heterocycles. The minimum atomic E-state index is -1.39. The Hall–Kier alpha value is -4.37. The van der Waals surface area contributed by atoms with Crippen molar-refractivity contribution in [2.75, 3.05) is 6.54 Å². The fourth-order valence-electron chi connectivity index (χ4n) is 6.40. The van der Waals surface area contributed by atoms with Crippen molar-refractivity contribution in [3.63, 3.8) is 0 Å². The van der Waals surface area contributed by atoms with E-state index in [0.717, 1.165) is 64.2 Å². The predicted octanol–water partition coefficient (Wildman–Crippen LogP) is 5.96. The van der Waals surface area contributed by atoms with Gasteiger partial charge in [-0.2, -0.15) is 0 Å². The highest BCUT2D eigenvalue weighted by molar-refractivity contribution is 5.87. The summed E-state index contributed by atoms with van der Waals surface area (Å²) in [6.45, 7) is 3.72. The van der Waals surface area contributed by atoms with Crippen molar-refractivity contribution in [3.05, 3.63) is 0 Å².